The Morgan fingerprint density at radius 2 is 1.40 bits per heavy atom. The van der Waals surface area contributed by atoms with Gasteiger partial charge in [-0.25, -0.2) is 9.97 Å². The van der Waals surface area contributed by atoms with Crippen molar-refractivity contribution < 1.29 is 24.5 Å². The lowest BCUT2D eigenvalue weighted by Crippen LogP contribution is -2.35. The van der Waals surface area contributed by atoms with Gasteiger partial charge in [-0.2, -0.15) is 0 Å². The van der Waals surface area contributed by atoms with E-state index in [2.05, 4.69) is 25.6 Å². The highest BCUT2D eigenvalue weighted by Crippen LogP contribution is 2.42. The van der Waals surface area contributed by atoms with E-state index < -0.39 is 12.2 Å². The zero-order valence-corrected chi connectivity index (χ0v) is 27.4. The molecule has 2 aliphatic heterocycles. The van der Waals surface area contributed by atoms with E-state index in [1.165, 1.54) is 7.11 Å². The Bertz CT molecular complexity index is 1770. The normalized spacial score (nSPS) is 19.6. The van der Waals surface area contributed by atoms with Gasteiger partial charge in [0, 0.05) is 67.4 Å². The summed E-state index contributed by atoms with van der Waals surface area (Å²) in [6, 6.07) is 11.3. The molecule has 12 nitrogen and oxygen atoms in total. The number of carbonyl (C=O) groups excluding carboxylic acids is 1. The first-order valence-corrected chi connectivity index (χ1v) is 16.0. The smallest absolute Gasteiger partial charge is 0.237 e. The van der Waals surface area contributed by atoms with Gasteiger partial charge in [0.2, 0.25) is 17.7 Å². The third-order valence-corrected chi connectivity index (χ3v) is 9.14. The molecule has 4 N–H and O–H groups in total. The SMILES string of the molecule is COc1nc(-c2cccc(-c3cccc(-c4cnc(CN5CC(O)C(O)C5)c(OC)n4)c3Cl)c2Cl)cnc1CNCC1CCC(=O)N1. The third kappa shape index (κ3) is 7.18. The summed E-state index contributed by atoms with van der Waals surface area (Å²) < 4.78 is 11.1. The van der Waals surface area contributed by atoms with Crippen LogP contribution >= 0.6 is 23.2 Å². The van der Waals surface area contributed by atoms with E-state index in [0.717, 1.165) is 6.42 Å². The minimum Gasteiger partial charge on any atom is -0.480 e. The standard InChI is InChI=1S/C33H35Cl2N7O5/c1-46-32-25(12-36-11-18-9-10-29(45)39-18)37-13-23(40-32)21-7-3-5-19(30(21)34)20-6-4-8-22(31(20)35)24-14-38-26(33(41-24)47-2)15-42-16-27(43)28(44)17-42/h3-8,13-14,18,27-28,36,43-44H,9-12,15-17H2,1-2H3,(H,39,45). The monoisotopic (exact) mass is 679 g/mol. The van der Waals surface area contributed by atoms with Crippen LogP contribution in [0.1, 0.15) is 24.2 Å². The van der Waals surface area contributed by atoms with Crippen molar-refractivity contribution in [1.29, 1.82) is 0 Å². The number of methoxy groups -OCH3 is 2. The molecule has 3 unspecified atom stereocenters. The predicted molar refractivity (Wildman–Crippen MR) is 177 cm³/mol. The van der Waals surface area contributed by atoms with Crippen molar-refractivity contribution in [2.24, 2.45) is 0 Å². The van der Waals surface area contributed by atoms with Gasteiger partial charge in [0.05, 0.1) is 60.3 Å². The Labute approximate surface area is 282 Å². The minimum absolute atomic E-state index is 0.0761. The highest BCUT2D eigenvalue weighted by atomic mass is 35.5. The van der Waals surface area contributed by atoms with Crippen LogP contribution in [0.15, 0.2) is 48.8 Å². The Morgan fingerprint density at radius 1 is 0.872 bits per heavy atom. The molecule has 0 aliphatic carbocycles. The second kappa shape index (κ2) is 14.5. The van der Waals surface area contributed by atoms with Crippen molar-refractivity contribution in [2.45, 2.75) is 44.2 Å². The fourth-order valence-electron chi connectivity index (χ4n) is 5.87. The molecule has 0 bridgehead atoms. The first-order valence-electron chi connectivity index (χ1n) is 15.2. The highest BCUT2D eigenvalue weighted by molar-refractivity contribution is 6.39. The summed E-state index contributed by atoms with van der Waals surface area (Å²) in [5, 5.41) is 27.0. The Hall–Kier alpha value is -3.91. The topological polar surface area (TPSA) is 155 Å². The van der Waals surface area contributed by atoms with E-state index in [1.807, 2.05) is 41.3 Å². The van der Waals surface area contributed by atoms with Crippen molar-refractivity contribution >= 4 is 29.1 Å². The van der Waals surface area contributed by atoms with Crippen LogP contribution in [0.4, 0.5) is 0 Å². The summed E-state index contributed by atoms with van der Waals surface area (Å²) in [4.78, 5) is 32.0. The fraction of sp³-hybridized carbons (Fsp3) is 0.364. The number of rotatable bonds is 11. The van der Waals surface area contributed by atoms with E-state index in [1.54, 1.807) is 19.5 Å². The Kier molecular flexibility index (Phi) is 10.2. The van der Waals surface area contributed by atoms with Gasteiger partial charge in [-0.15, -0.1) is 0 Å². The number of nitrogens with one attached hydrogen (secondary N) is 2. The van der Waals surface area contributed by atoms with E-state index >= 15 is 0 Å². The number of amides is 1. The number of halogens is 2. The molecule has 4 heterocycles. The van der Waals surface area contributed by atoms with E-state index in [4.69, 9.17) is 37.7 Å². The van der Waals surface area contributed by atoms with Gasteiger partial charge < -0.3 is 30.3 Å². The molecule has 2 aliphatic rings. The van der Waals surface area contributed by atoms with Gasteiger partial charge in [-0.1, -0.05) is 59.6 Å². The molecule has 246 valence electrons. The average molecular weight is 681 g/mol. The van der Waals surface area contributed by atoms with Crippen LogP contribution in [-0.2, 0) is 17.9 Å². The summed E-state index contributed by atoms with van der Waals surface area (Å²) in [5.41, 5.74) is 4.98. The van der Waals surface area contributed by atoms with Gasteiger partial charge in [0.25, 0.3) is 0 Å². The largest absolute Gasteiger partial charge is 0.480 e. The lowest BCUT2D eigenvalue weighted by Gasteiger charge is -2.17. The first-order chi connectivity index (χ1) is 22.7. The highest BCUT2D eigenvalue weighted by Gasteiger charge is 2.30. The van der Waals surface area contributed by atoms with Crippen LogP contribution in [-0.4, -0.2) is 93.1 Å². The number of ether oxygens (including phenoxy) is 2. The molecule has 2 saturated heterocycles. The van der Waals surface area contributed by atoms with Crippen LogP contribution in [0.2, 0.25) is 10.0 Å². The molecule has 14 heteroatoms. The molecule has 47 heavy (non-hydrogen) atoms. The van der Waals surface area contributed by atoms with Crippen molar-refractivity contribution in [3.8, 4) is 45.4 Å². The summed E-state index contributed by atoms with van der Waals surface area (Å²) >= 11 is 14.0. The number of aliphatic hydroxyl groups excluding tert-OH is 2. The molecule has 3 atom stereocenters. The molecule has 2 fully saturated rings. The van der Waals surface area contributed by atoms with Gasteiger partial charge in [0.15, 0.2) is 0 Å². The number of β-amino-alcohol motifs (C(OH)–C–C–N with tert-alkyl or cyclic N) is 2. The lowest BCUT2D eigenvalue weighted by molar-refractivity contribution is -0.119. The van der Waals surface area contributed by atoms with Crippen molar-refractivity contribution in [3.05, 3.63) is 70.2 Å². The molecule has 0 spiro atoms. The molecule has 2 aromatic carbocycles. The maximum absolute atomic E-state index is 11.5. The molecule has 2 aromatic heterocycles. The lowest BCUT2D eigenvalue weighted by atomic mass is 9.98. The molecule has 1 amide bonds. The van der Waals surface area contributed by atoms with Crippen LogP contribution in [0, 0.1) is 0 Å². The first kappa shape index (κ1) is 33.0. The number of carbonyl (C=O) groups is 1. The summed E-state index contributed by atoms with van der Waals surface area (Å²) in [5.74, 6) is 0.781. The zero-order valence-electron chi connectivity index (χ0n) is 25.9. The number of nitrogens with zero attached hydrogens (tertiary/aromatic N) is 5. The van der Waals surface area contributed by atoms with Crippen molar-refractivity contribution in [3.63, 3.8) is 0 Å². The number of aliphatic hydroxyl groups is 2. The molecule has 4 aromatic rings. The van der Waals surface area contributed by atoms with Crippen molar-refractivity contribution in [2.75, 3.05) is 33.9 Å². The number of likely N-dealkylation sites (tertiary alicyclic amines) is 1. The van der Waals surface area contributed by atoms with Crippen LogP contribution in [0.25, 0.3) is 33.6 Å². The molecule has 0 radical (unpaired) electrons. The predicted octanol–water partition coefficient (Wildman–Crippen LogP) is 3.50. The molecule has 6 rings (SSSR count). The Morgan fingerprint density at radius 3 is 1.94 bits per heavy atom. The summed E-state index contributed by atoms with van der Waals surface area (Å²) in [6.07, 6.45) is 3.05. The Balaban J connectivity index is 1.24. The summed E-state index contributed by atoms with van der Waals surface area (Å²) in [7, 11) is 3.07. The van der Waals surface area contributed by atoms with Crippen LogP contribution in [0.5, 0.6) is 11.8 Å². The quantitative estimate of drug-likeness (QED) is 0.184. The van der Waals surface area contributed by atoms with Gasteiger partial charge in [-0.05, 0) is 6.42 Å². The summed E-state index contributed by atoms with van der Waals surface area (Å²) in [6.45, 7) is 2.10. The molecular formula is C33H35Cl2N7O5. The third-order valence-electron chi connectivity index (χ3n) is 8.33. The number of aromatic nitrogens is 4. The van der Waals surface area contributed by atoms with E-state index in [0.29, 0.717) is 106 Å². The average Bonchev–Trinajstić information content (AvgIpc) is 3.64. The van der Waals surface area contributed by atoms with Gasteiger partial charge in [-0.3, -0.25) is 19.7 Å². The second-order valence-corrected chi connectivity index (χ2v) is 12.3. The minimum atomic E-state index is -0.797. The van der Waals surface area contributed by atoms with Crippen molar-refractivity contribution in [1.82, 2.24) is 35.5 Å². The zero-order chi connectivity index (χ0) is 33.1. The number of benzene rings is 2. The molecular weight excluding hydrogens is 645 g/mol. The van der Waals surface area contributed by atoms with E-state index in [9.17, 15) is 15.0 Å². The maximum atomic E-state index is 11.5. The number of hydrogen-bond donors (Lipinski definition) is 4. The maximum Gasteiger partial charge on any atom is 0.237 e. The fourth-order valence-corrected chi connectivity index (χ4v) is 6.52. The van der Waals surface area contributed by atoms with Crippen LogP contribution < -0.4 is 20.1 Å². The number of hydrogen-bond acceptors (Lipinski definition) is 11. The van der Waals surface area contributed by atoms with Gasteiger partial charge >= 0.3 is 0 Å². The van der Waals surface area contributed by atoms with E-state index in [-0.39, 0.29) is 11.9 Å². The second-order valence-electron chi connectivity index (χ2n) is 11.5. The van der Waals surface area contributed by atoms with Gasteiger partial charge in [0.1, 0.15) is 11.4 Å². The molecule has 0 saturated carbocycles. The van der Waals surface area contributed by atoms with Crippen LogP contribution in [0.3, 0.4) is 0 Å².